The second-order valence-electron chi connectivity index (χ2n) is 7.56. The monoisotopic (exact) mass is 428 g/mol. The van der Waals surface area contributed by atoms with Crippen LogP contribution in [0, 0.1) is 23.0 Å². The second-order valence-corrected chi connectivity index (χ2v) is 7.56. The molecule has 0 radical (unpaired) electrons. The van der Waals surface area contributed by atoms with Crippen LogP contribution in [0.1, 0.15) is 48.5 Å². The number of unbranched alkanes of at least 4 members (excludes halogenated alkanes) is 3. The van der Waals surface area contributed by atoms with E-state index in [1.807, 2.05) is 0 Å². The molecule has 1 aliphatic heterocycles. The number of ether oxygens (including phenoxy) is 1. The van der Waals surface area contributed by atoms with E-state index in [9.17, 15) is 13.6 Å². The Hall–Kier alpha value is -3.05. The van der Waals surface area contributed by atoms with Crippen LogP contribution in [0.2, 0.25) is 0 Å². The van der Waals surface area contributed by atoms with E-state index in [1.54, 1.807) is 12.1 Å². The van der Waals surface area contributed by atoms with Crippen molar-refractivity contribution in [3.8, 4) is 11.8 Å². The lowest BCUT2D eigenvalue weighted by molar-refractivity contribution is 0.0733. The fraction of sp³-hybridized carbons (Fsp3) is 0.435. The van der Waals surface area contributed by atoms with Gasteiger partial charge in [-0.2, -0.15) is 5.26 Å². The topological polar surface area (TPSA) is 69.5 Å². The van der Waals surface area contributed by atoms with Gasteiger partial charge in [0.25, 0.3) is 0 Å². The third-order valence-corrected chi connectivity index (χ3v) is 5.35. The van der Waals surface area contributed by atoms with Gasteiger partial charge in [0.1, 0.15) is 34.8 Å². The van der Waals surface area contributed by atoms with Crippen molar-refractivity contribution in [1.29, 1.82) is 5.26 Å². The summed E-state index contributed by atoms with van der Waals surface area (Å²) in [6.07, 6.45) is 6.43. The molecule has 0 spiro atoms. The molecule has 2 aromatic rings. The van der Waals surface area contributed by atoms with Crippen molar-refractivity contribution in [2.45, 2.75) is 32.6 Å². The van der Waals surface area contributed by atoms with Gasteiger partial charge in [0, 0.05) is 44.5 Å². The molecular weight excluding hydrogens is 402 g/mol. The standard InChI is InChI=1S/C23H26F2N4O2/c1-2-3-4-5-8-28-9-11-29(12-10-28)22-7-6-17(16-27-22)23(30)31-18-13-20(24)19(15-26)21(25)14-18/h6-7,13-14,16H,2-5,8-12H2,1H3. The van der Waals surface area contributed by atoms with Crippen LogP contribution < -0.4 is 9.64 Å². The maximum Gasteiger partial charge on any atom is 0.345 e. The van der Waals surface area contributed by atoms with Crippen molar-refractivity contribution in [2.75, 3.05) is 37.6 Å². The molecule has 6 nitrogen and oxygen atoms in total. The van der Waals surface area contributed by atoms with Crippen LogP contribution in [0.15, 0.2) is 30.5 Å². The van der Waals surface area contributed by atoms with Gasteiger partial charge in [-0.15, -0.1) is 0 Å². The van der Waals surface area contributed by atoms with Crippen LogP contribution in [0.5, 0.6) is 5.75 Å². The Kier molecular flexibility index (Phi) is 7.90. The number of aromatic nitrogens is 1. The summed E-state index contributed by atoms with van der Waals surface area (Å²) in [5.41, 5.74) is -0.546. The van der Waals surface area contributed by atoms with Crippen molar-refractivity contribution in [1.82, 2.24) is 9.88 Å². The Labute approximate surface area is 181 Å². The molecule has 31 heavy (non-hydrogen) atoms. The number of esters is 1. The average molecular weight is 428 g/mol. The Bertz CT molecular complexity index is 913. The van der Waals surface area contributed by atoms with Crippen LogP contribution in [0.25, 0.3) is 0 Å². The molecule has 0 aliphatic carbocycles. The number of piperazine rings is 1. The Morgan fingerprint density at radius 3 is 2.42 bits per heavy atom. The van der Waals surface area contributed by atoms with E-state index in [-0.39, 0.29) is 11.3 Å². The lowest BCUT2D eigenvalue weighted by atomic mass is 10.2. The van der Waals surface area contributed by atoms with Gasteiger partial charge < -0.3 is 9.64 Å². The minimum absolute atomic E-state index is 0.170. The normalized spacial score (nSPS) is 14.3. The second kappa shape index (κ2) is 10.8. The minimum Gasteiger partial charge on any atom is -0.423 e. The van der Waals surface area contributed by atoms with Crippen LogP contribution in [-0.4, -0.2) is 48.6 Å². The van der Waals surface area contributed by atoms with E-state index in [2.05, 4.69) is 21.7 Å². The Balaban J connectivity index is 1.53. The number of hydrogen-bond donors (Lipinski definition) is 0. The van der Waals surface area contributed by atoms with E-state index >= 15 is 0 Å². The largest absolute Gasteiger partial charge is 0.423 e. The van der Waals surface area contributed by atoms with Gasteiger partial charge in [-0.05, 0) is 25.1 Å². The number of nitriles is 1. The highest BCUT2D eigenvalue weighted by atomic mass is 19.1. The molecule has 1 aliphatic rings. The predicted molar refractivity (Wildman–Crippen MR) is 113 cm³/mol. The number of carbonyl (C=O) groups is 1. The van der Waals surface area contributed by atoms with Crippen molar-refractivity contribution >= 4 is 11.8 Å². The highest BCUT2D eigenvalue weighted by molar-refractivity contribution is 5.90. The van der Waals surface area contributed by atoms with Gasteiger partial charge >= 0.3 is 5.97 Å². The van der Waals surface area contributed by atoms with Gasteiger partial charge in [-0.3, -0.25) is 4.90 Å². The maximum absolute atomic E-state index is 13.7. The summed E-state index contributed by atoms with van der Waals surface area (Å²) in [6.45, 7) is 7.04. The molecule has 1 fully saturated rings. The molecule has 0 bridgehead atoms. The first-order valence-electron chi connectivity index (χ1n) is 10.6. The number of nitrogens with zero attached hydrogens (tertiary/aromatic N) is 4. The summed E-state index contributed by atoms with van der Waals surface area (Å²) in [7, 11) is 0. The zero-order valence-corrected chi connectivity index (χ0v) is 17.6. The third kappa shape index (κ3) is 5.98. The molecule has 0 unspecified atom stereocenters. The molecular formula is C23H26F2N4O2. The number of anilines is 1. The molecule has 0 N–H and O–H groups in total. The highest BCUT2D eigenvalue weighted by Crippen LogP contribution is 2.21. The molecule has 0 atom stereocenters. The molecule has 3 rings (SSSR count). The number of benzene rings is 1. The average Bonchev–Trinajstić information content (AvgIpc) is 2.77. The van der Waals surface area contributed by atoms with Crippen molar-refractivity contribution < 1.29 is 18.3 Å². The number of pyridine rings is 1. The Morgan fingerprint density at radius 2 is 1.84 bits per heavy atom. The molecule has 1 aromatic heterocycles. The van der Waals surface area contributed by atoms with E-state index < -0.39 is 23.2 Å². The number of hydrogen-bond acceptors (Lipinski definition) is 6. The van der Waals surface area contributed by atoms with E-state index in [4.69, 9.17) is 10.00 Å². The van der Waals surface area contributed by atoms with Gasteiger partial charge in [-0.25, -0.2) is 18.6 Å². The summed E-state index contributed by atoms with van der Waals surface area (Å²) in [4.78, 5) is 21.3. The first-order chi connectivity index (χ1) is 15.0. The Morgan fingerprint density at radius 1 is 1.13 bits per heavy atom. The molecule has 2 heterocycles. The lowest BCUT2D eigenvalue weighted by Crippen LogP contribution is -2.46. The molecule has 1 saturated heterocycles. The fourth-order valence-corrected chi connectivity index (χ4v) is 3.54. The fourth-order valence-electron chi connectivity index (χ4n) is 3.54. The van der Waals surface area contributed by atoms with Gasteiger partial charge in [0.15, 0.2) is 0 Å². The van der Waals surface area contributed by atoms with Gasteiger partial charge in [0.2, 0.25) is 0 Å². The smallest absolute Gasteiger partial charge is 0.345 e. The zero-order chi connectivity index (χ0) is 22.2. The van der Waals surface area contributed by atoms with E-state index in [0.717, 1.165) is 50.7 Å². The van der Waals surface area contributed by atoms with Crippen LogP contribution >= 0.6 is 0 Å². The first-order valence-corrected chi connectivity index (χ1v) is 10.6. The van der Waals surface area contributed by atoms with Crippen molar-refractivity contribution in [3.05, 3.63) is 53.2 Å². The molecule has 0 saturated carbocycles. The number of carbonyl (C=O) groups excluding carboxylic acids is 1. The minimum atomic E-state index is -1.08. The molecule has 8 heteroatoms. The number of rotatable bonds is 8. The van der Waals surface area contributed by atoms with Crippen LogP contribution in [-0.2, 0) is 0 Å². The highest BCUT2D eigenvalue weighted by Gasteiger charge is 2.19. The summed E-state index contributed by atoms with van der Waals surface area (Å²) in [5, 5.41) is 8.70. The SMILES string of the molecule is CCCCCCN1CCN(c2ccc(C(=O)Oc3cc(F)c(C#N)c(F)c3)cn2)CC1. The molecule has 164 valence electrons. The molecule has 0 amide bonds. The van der Waals surface area contributed by atoms with Crippen molar-refractivity contribution in [2.24, 2.45) is 0 Å². The van der Waals surface area contributed by atoms with Crippen molar-refractivity contribution in [3.63, 3.8) is 0 Å². The maximum atomic E-state index is 13.7. The van der Waals surface area contributed by atoms with Gasteiger partial charge in [-0.1, -0.05) is 26.2 Å². The zero-order valence-electron chi connectivity index (χ0n) is 17.6. The van der Waals surface area contributed by atoms with Crippen LogP contribution in [0.4, 0.5) is 14.6 Å². The van der Waals surface area contributed by atoms with Crippen LogP contribution in [0.3, 0.4) is 0 Å². The number of halogens is 2. The lowest BCUT2D eigenvalue weighted by Gasteiger charge is -2.35. The first kappa shape index (κ1) is 22.6. The predicted octanol–water partition coefficient (Wildman–Crippen LogP) is 4.15. The summed E-state index contributed by atoms with van der Waals surface area (Å²) < 4.78 is 32.4. The quantitative estimate of drug-likeness (QED) is 0.357. The third-order valence-electron chi connectivity index (χ3n) is 5.35. The summed E-state index contributed by atoms with van der Waals surface area (Å²) >= 11 is 0. The van der Waals surface area contributed by atoms with Gasteiger partial charge in [0.05, 0.1) is 5.56 Å². The molecule has 1 aromatic carbocycles. The summed E-state index contributed by atoms with van der Waals surface area (Å²) in [5.74, 6) is -2.47. The summed E-state index contributed by atoms with van der Waals surface area (Å²) in [6, 6.07) is 6.36. The van der Waals surface area contributed by atoms with E-state index in [0.29, 0.717) is 0 Å². The van der Waals surface area contributed by atoms with E-state index in [1.165, 1.54) is 37.9 Å².